The molecular weight excluding hydrogens is 242 g/mol. The molecule has 114 valence electrons. The number of aliphatic hydroxyl groups excluding tert-OH is 1. The standard InChI is InChI=1S/C15H31NO3/c1-12(2)6-5-8-18-11-14(17)10-16-15(4)7-9-19-13(15)3/h12-14,16-17H,5-11H2,1-4H3. The lowest BCUT2D eigenvalue weighted by Crippen LogP contribution is -2.50. The topological polar surface area (TPSA) is 50.7 Å². The first-order valence-corrected chi connectivity index (χ1v) is 7.56. The lowest BCUT2D eigenvalue weighted by atomic mass is 9.94. The Bertz CT molecular complexity index is 248. The molecule has 4 nitrogen and oxygen atoms in total. The van der Waals surface area contributed by atoms with E-state index in [1.54, 1.807) is 0 Å². The molecule has 0 aliphatic carbocycles. The van der Waals surface area contributed by atoms with E-state index in [1.807, 2.05) is 0 Å². The van der Waals surface area contributed by atoms with Crippen molar-refractivity contribution >= 4 is 0 Å². The maximum absolute atomic E-state index is 9.89. The molecule has 1 aliphatic heterocycles. The molecule has 0 aromatic carbocycles. The molecule has 0 radical (unpaired) electrons. The molecule has 0 amide bonds. The predicted octanol–water partition coefficient (Wildman–Crippen LogP) is 1.96. The van der Waals surface area contributed by atoms with Gasteiger partial charge in [-0.1, -0.05) is 13.8 Å². The molecule has 0 bridgehead atoms. The Labute approximate surface area is 117 Å². The number of nitrogens with one attached hydrogen (secondary N) is 1. The van der Waals surface area contributed by atoms with Crippen molar-refractivity contribution in [1.29, 1.82) is 0 Å². The van der Waals surface area contributed by atoms with Crippen molar-refractivity contribution in [2.45, 2.75) is 64.7 Å². The summed E-state index contributed by atoms with van der Waals surface area (Å²) in [4.78, 5) is 0. The van der Waals surface area contributed by atoms with Gasteiger partial charge in [0, 0.05) is 25.3 Å². The van der Waals surface area contributed by atoms with Crippen LogP contribution in [0.15, 0.2) is 0 Å². The summed E-state index contributed by atoms with van der Waals surface area (Å²) in [6.45, 7) is 11.2. The van der Waals surface area contributed by atoms with Crippen LogP contribution in [0.4, 0.5) is 0 Å². The third kappa shape index (κ3) is 6.21. The number of aliphatic hydroxyl groups is 1. The smallest absolute Gasteiger partial charge is 0.0897 e. The molecule has 1 heterocycles. The molecule has 3 unspecified atom stereocenters. The molecule has 0 spiro atoms. The molecule has 4 heteroatoms. The summed E-state index contributed by atoms with van der Waals surface area (Å²) in [5.74, 6) is 0.721. The van der Waals surface area contributed by atoms with E-state index >= 15 is 0 Å². The van der Waals surface area contributed by atoms with E-state index in [0.717, 1.165) is 32.0 Å². The average Bonchev–Trinajstić information content (AvgIpc) is 2.67. The fourth-order valence-electron chi connectivity index (χ4n) is 2.29. The Morgan fingerprint density at radius 3 is 2.79 bits per heavy atom. The van der Waals surface area contributed by atoms with Crippen molar-refractivity contribution in [2.24, 2.45) is 5.92 Å². The van der Waals surface area contributed by atoms with Crippen LogP contribution in [-0.2, 0) is 9.47 Å². The lowest BCUT2D eigenvalue weighted by Gasteiger charge is -2.30. The van der Waals surface area contributed by atoms with Crippen LogP contribution in [0.3, 0.4) is 0 Å². The minimum atomic E-state index is -0.441. The zero-order chi connectivity index (χ0) is 14.3. The normalized spacial score (nSPS) is 29.1. The Balaban J connectivity index is 2.06. The quantitative estimate of drug-likeness (QED) is 0.631. The average molecular weight is 273 g/mol. The molecule has 0 saturated carbocycles. The fraction of sp³-hybridized carbons (Fsp3) is 1.00. The van der Waals surface area contributed by atoms with Gasteiger partial charge in [-0.15, -0.1) is 0 Å². The molecule has 1 rings (SSSR count). The molecule has 0 aromatic rings. The van der Waals surface area contributed by atoms with Crippen molar-refractivity contribution in [3.63, 3.8) is 0 Å². The predicted molar refractivity (Wildman–Crippen MR) is 77.3 cm³/mol. The fourth-order valence-corrected chi connectivity index (χ4v) is 2.29. The van der Waals surface area contributed by atoms with Gasteiger partial charge in [-0.3, -0.25) is 0 Å². The Hall–Kier alpha value is -0.160. The Kier molecular flexibility index (Phi) is 7.29. The van der Waals surface area contributed by atoms with Crippen LogP contribution in [0, 0.1) is 5.92 Å². The molecule has 2 N–H and O–H groups in total. The first-order valence-electron chi connectivity index (χ1n) is 7.56. The van der Waals surface area contributed by atoms with Crippen LogP contribution in [0.5, 0.6) is 0 Å². The third-order valence-corrected chi connectivity index (χ3v) is 4.01. The summed E-state index contributed by atoms with van der Waals surface area (Å²) in [5, 5.41) is 13.3. The Morgan fingerprint density at radius 1 is 1.47 bits per heavy atom. The maximum Gasteiger partial charge on any atom is 0.0897 e. The van der Waals surface area contributed by atoms with Gasteiger partial charge in [0.25, 0.3) is 0 Å². The van der Waals surface area contributed by atoms with Crippen molar-refractivity contribution in [2.75, 3.05) is 26.4 Å². The zero-order valence-corrected chi connectivity index (χ0v) is 12.9. The minimum Gasteiger partial charge on any atom is -0.389 e. The zero-order valence-electron chi connectivity index (χ0n) is 12.9. The van der Waals surface area contributed by atoms with E-state index in [2.05, 4.69) is 33.0 Å². The largest absolute Gasteiger partial charge is 0.389 e. The SMILES string of the molecule is CC(C)CCCOCC(O)CNC1(C)CCOC1C. The number of hydrogen-bond acceptors (Lipinski definition) is 4. The lowest BCUT2D eigenvalue weighted by molar-refractivity contribution is 0.0260. The summed E-state index contributed by atoms with van der Waals surface area (Å²) in [6, 6.07) is 0. The van der Waals surface area contributed by atoms with Crippen LogP contribution in [0.1, 0.15) is 47.0 Å². The molecule has 19 heavy (non-hydrogen) atoms. The summed E-state index contributed by atoms with van der Waals surface area (Å²) in [6.07, 6.45) is 3.01. The van der Waals surface area contributed by atoms with Gasteiger partial charge in [-0.25, -0.2) is 0 Å². The van der Waals surface area contributed by atoms with E-state index in [9.17, 15) is 5.11 Å². The molecule has 0 aromatic heterocycles. The summed E-state index contributed by atoms with van der Waals surface area (Å²) < 4.78 is 11.1. The number of hydrogen-bond donors (Lipinski definition) is 2. The summed E-state index contributed by atoms with van der Waals surface area (Å²) >= 11 is 0. The van der Waals surface area contributed by atoms with E-state index < -0.39 is 6.10 Å². The van der Waals surface area contributed by atoms with E-state index in [4.69, 9.17) is 9.47 Å². The second-order valence-electron chi connectivity index (χ2n) is 6.33. The molecule has 1 aliphatic rings. The highest BCUT2D eigenvalue weighted by molar-refractivity contribution is 4.93. The molecule has 1 fully saturated rings. The van der Waals surface area contributed by atoms with Gasteiger partial charge >= 0.3 is 0 Å². The molecule has 3 atom stereocenters. The van der Waals surface area contributed by atoms with Gasteiger partial charge in [-0.2, -0.15) is 0 Å². The molecule has 1 saturated heterocycles. The van der Waals surface area contributed by atoms with Gasteiger partial charge in [0.2, 0.25) is 0 Å². The van der Waals surface area contributed by atoms with Gasteiger partial charge < -0.3 is 19.9 Å². The van der Waals surface area contributed by atoms with Crippen LogP contribution in [-0.4, -0.2) is 49.2 Å². The Morgan fingerprint density at radius 2 is 2.21 bits per heavy atom. The first-order chi connectivity index (χ1) is 8.94. The van der Waals surface area contributed by atoms with Crippen molar-refractivity contribution in [1.82, 2.24) is 5.32 Å². The number of ether oxygens (including phenoxy) is 2. The molecular formula is C15H31NO3. The third-order valence-electron chi connectivity index (χ3n) is 4.01. The van der Waals surface area contributed by atoms with Gasteiger partial charge in [0.15, 0.2) is 0 Å². The van der Waals surface area contributed by atoms with Crippen LogP contribution < -0.4 is 5.32 Å². The minimum absolute atomic E-state index is 0.0153. The summed E-state index contributed by atoms with van der Waals surface area (Å²) in [5.41, 5.74) is -0.0153. The van der Waals surface area contributed by atoms with E-state index in [0.29, 0.717) is 13.2 Å². The van der Waals surface area contributed by atoms with Gasteiger partial charge in [-0.05, 0) is 39.0 Å². The highest BCUT2D eigenvalue weighted by Crippen LogP contribution is 2.24. The van der Waals surface area contributed by atoms with Crippen LogP contribution in [0.2, 0.25) is 0 Å². The highest BCUT2D eigenvalue weighted by atomic mass is 16.5. The van der Waals surface area contributed by atoms with Crippen LogP contribution >= 0.6 is 0 Å². The number of β-amino-alcohol motifs (C(OH)–C–C–N with tert-alkyl or cyclic N) is 1. The second kappa shape index (κ2) is 8.20. The first kappa shape index (κ1) is 16.9. The highest BCUT2D eigenvalue weighted by Gasteiger charge is 2.36. The summed E-state index contributed by atoms with van der Waals surface area (Å²) in [7, 11) is 0. The maximum atomic E-state index is 9.89. The van der Waals surface area contributed by atoms with Crippen LogP contribution in [0.25, 0.3) is 0 Å². The second-order valence-corrected chi connectivity index (χ2v) is 6.33. The van der Waals surface area contributed by atoms with E-state index in [1.165, 1.54) is 6.42 Å². The monoisotopic (exact) mass is 273 g/mol. The van der Waals surface area contributed by atoms with E-state index in [-0.39, 0.29) is 11.6 Å². The van der Waals surface area contributed by atoms with Crippen molar-refractivity contribution in [3.05, 3.63) is 0 Å². The van der Waals surface area contributed by atoms with Crippen molar-refractivity contribution < 1.29 is 14.6 Å². The van der Waals surface area contributed by atoms with Gasteiger partial charge in [0.05, 0.1) is 18.8 Å². The van der Waals surface area contributed by atoms with Gasteiger partial charge in [0.1, 0.15) is 0 Å². The van der Waals surface area contributed by atoms with Crippen molar-refractivity contribution in [3.8, 4) is 0 Å². The number of rotatable bonds is 9.